The second-order valence-electron chi connectivity index (χ2n) is 13.0. The van der Waals surface area contributed by atoms with E-state index in [4.69, 9.17) is 18.9 Å². The number of hydrogen-bond acceptors (Lipinski definition) is 10. The number of halogens is 2. The van der Waals surface area contributed by atoms with Crippen molar-refractivity contribution in [2.24, 2.45) is 23.7 Å². The molecule has 54 heavy (non-hydrogen) atoms. The Balaban J connectivity index is 0.000000291. The number of thioether (sulfide) groups is 2. The van der Waals surface area contributed by atoms with Gasteiger partial charge in [0.25, 0.3) is 0 Å². The van der Waals surface area contributed by atoms with Gasteiger partial charge in [0.1, 0.15) is 23.0 Å². The van der Waals surface area contributed by atoms with E-state index in [0.29, 0.717) is 74.4 Å². The van der Waals surface area contributed by atoms with Gasteiger partial charge in [0, 0.05) is 21.6 Å². The fourth-order valence-electron chi connectivity index (χ4n) is 6.22. The minimum atomic E-state index is -0.230. The fraction of sp³-hybridized carbons (Fsp3) is 0.333. The first-order valence-corrected chi connectivity index (χ1v) is 21.8. The Kier molecular flexibility index (Phi) is 16.1. The number of rotatable bonds is 10. The number of ether oxygens (including phenoxy) is 4. The maximum absolute atomic E-state index is 12.4. The molecule has 0 saturated heterocycles. The number of carbonyl (C=O) groups is 4. The zero-order valence-corrected chi connectivity index (χ0v) is 34.8. The van der Waals surface area contributed by atoms with E-state index in [1.165, 1.54) is 0 Å². The quantitative estimate of drug-likeness (QED) is 0.0868. The highest BCUT2D eigenvalue weighted by Gasteiger charge is 2.33. The SMILES string of the molecule is CSc1ccc(OC(=O)C2CCC(C(=O)Oc3ccc(SC)cc3)CC2)cc1.O=C(Oc1ccc(Br)cc1)C1CCC(C(=O)Oc2ccc(Br)cc2)CC1.[HH].[HH]. The van der Waals surface area contributed by atoms with Gasteiger partial charge in [-0.1, -0.05) is 31.9 Å². The molecule has 0 aliphatic heterocycles. The van der Waals surface area contributed by atoms with Crippen LogP contribution in [0.15, 0.2) is 116 Å². The molecule has 12 heteroatoms. The lowest BCUT2D eigenvalue weighted by Gasteiger charge is -2.25. The first-order chi connectivity index (χ1) is 26.1. The van der Waals surface area contributed by atoms with Crippen LogP contribution in [0.4, 0.5) is 0 Å². The molecule has 0 aromatic heterocycles. The molecule has 0 radical (unpaired) electrons. The third-order valence-electron chi connectivity index (χ3n) is 9.41. The second kappa shape index (κ2) is 20.9. The van der Waals surface area contributed by atoms with E-state index in [-0.39, 0.29) is 50.4 Å². The van der Waals surface area contributed by atoms with E-state index < -0.39 is 0 Å². The summed E-state index contributed by atoms with van der Waals surface area (Å²) in [6.07, 6.45) is 9.13. The smallest absolute Gasteiger partial charge is 0.314 e. The van der Waals surface area contributed by atoms with Crippen LogP contribution in [0, 0.1) is 23.7 Å². The zero-order chi connectivity index (χ0) is 38.5. The van der Waals surface area contributed by atoms with Crippen LogP contribution in [-0.2, 0) is 19.2 Å². The third kappa shape index (κ3) is 12.7. The highest BCUT2D eigenvalue weighted by Crippen LogP contribution is 2.33. The fourth-order valence-corrected chi connectivity index (χ4v) is 7.57. The summed E-state index contributed by atoms with van der Waals surface area (Å²) in [7, 11) is 0. The van der Waals surface area contributed by atoms with E-state index in [9.17, 15) is 19.2 Å². The molecule has 0 spiro atoms. The lowest BCUT2D eigenvalue weighted by molar-refractivity contribution is -0.145. The maximum Gasteiger partial charge on any atom is 0.314 e. The summed E-state index contributed by atoms with van der Waals surface area (Å²) in [5.74, 6) is 0.661. The van der Waals surface area contributed by atoms with Gasteiger partial charge >= 0.3 is 23.9 Å². The molecule has 2 saturated carbocycles. The molecule has 4 aromatic carbocycles. The molecule has 0 bridgehead atoms. The standard InChI is InChI=1S/C22H24O4S2.C20H18Br2O4.2H2/c1-27-19-11-7-17(8-12-19)25-21(23)15-3-5-16(6-4-15)22(24)26-18-9-13-20(28-2)14-10-18;21-15-5-9-17(10-6-15)25-19(23)13-1-2-14(4-3-13)20(24)26-18-11-7-16(22)8-12-18;;/h7-16H,3-6H2,1-2H3;5-14H,1-4H2;2*1H. The van der Waals surface area contributed by atoms with Crippen LogP contribution in [0.3, 0.4) is 0 Å². The van der Waals surface area contributed by atoms with E-state index in [2.05, 4.69) is 31.9 Å². The van der Waals surface area contributed by atoms with Gasteiger partial charge in [-0.2, -0.15) is 0 Å². The topological polar surface area (TPSA) is 105 Å². The van der Waals surface area contributed by atoms with Crippen molar-refractivity contribution in [2.45, 2.75) is 61.2 Å². The Hall–Kier alpha value is -3.58. The average Bonchev–Trinajstić information content (AvgIpc) is 3.20. The van der Waals surface area contributed by atoms with Crippen molar-refractivity contribution in [1.82, 2.24) is 0 Å². The molecule has 0 heterocycles. The lowest BCUT2D eigenvalue weighted by Crippen LogP contribution is -2.30. The molecule has 0 atom stereocenters. The average molecular weight is 903 g/mol. The van der Waals surface area contributed by atoms with Crippen molar-refractivity contribution >= 4 is 79.3 Å². The van der Waals surface area contributed by atoms with Gasteiger partial charge in [-0.15, -0.1) is 23.5 Å². The third-order valence-corrected chi connectivity index (χ3v) is 12.0. The molecule has 0 amide bonds. The first-order valence-electron chi connectivity index (χ1n) is 17.8. The van der Waals surface area contributed by atoms with Crippen LogP contribution in [-0.4, -0.2) is 36.4 Å². The summed E-state index contributed by atoms with van der Waals surface area (Å²) >= 11 is 9.99. The molecule has 0 unspecified atom stereocenters. The molecule has 6 rings (SSSR count). The van der Waals surface area contributed by atoms with Crippen molar-refractivity contribution in [1.29, 1.82) is 0 Å². The van der Waals surface area contributed by atoms with Gasteiger partial charge in [0.05, 0.1) is 23.7 Å². The van der Waals surface area contributed by atoms with Crippen molar-refractivity contribution in [3.63, 3.8) is 0 Å². The van der Waals surface area contributed by atoms with Gasteiger partial charge in [-0.3, -0.25) is 19.2 Å². The van der Waals surface area contributed by atoms with Crippen LogP contribution < -0.4 is 18.9 Å². The Morgan fingerprint density at radius 2 is 0.630 bits per heavy atom. The minimum Gasteiger partial charge on any atom is -0.426 e. The van der Waals surface area contributed by atoms with Gasteiger partial charge in [-0.05, 0) is 161 Å². The van der Waals surface area contributed by atoms with E-state index in [0.717, 1.165) is 18.7 Å². The number of esters is 4. The highest BCUT2D eigenvalue weighted by atomic mass is 79.9. The molecule has 8 nitrogen and oxygen atoms in total. The summed E-state index contributed by atoms with van der Waals surface area (Å²) in [6, 6.07) is 29.3. The molecular weight excluding hydrogens is 856 g/mol. The van der Waals surface area contributed by atoms with Gasteiger partial charge in [-0.25, -0.2) is 0 Å². The highest BCUT2D eigenvalue weighted by molar-refractivity contribution is 9.10. The van der Waals surface area contributed by atoms with Crippen molar-refractivity contribution < 1.29 is 41.0 Å². The maximum atomic E-state index is 12.4. The van der Waals surface area contributed by atoms with E-state index >= 15 is 0 Å². The van der Waals surface area contributed by atoms with Crippen molar-refractivity contribution in [2.75, 3.05) is 12.5 Å². The summed E-state index contributed by atoms with van der Waals surface area (Å²) in [5, 5.41) is 0. The monoisotopic (exact) mass is 900 g/mol. The van der Waals surface area contributed by atoms with Gasteiger partial charge in [0.15, 0.2) is 0 Å². The van der Waals surface area contributed by atoms with Crippen LogP contribution in [0.5, 0.6) is 23.0 Å². The summed E-state index contributed by atoms with van der Waals surface area (Å²) < 4.78 is 23.7. The Labute approximate surface area is 344 Å². The number of carbonyl (C=O) groups excluding carboxylic acids is 4. The summed E-state index contributed by atoms with van der Waals surface area (Å²) in [6.45, 7) is 0. The predicted molar refractivity (Wildman–Crippen MR) is 222 cm³/mol. The predicted octanol–water partition coefficient (Wildman–Crippen LogP) is 11.5. The largest absolute Gasteiger partial charge is 0.426 e. The molecule has 2 aliphatic rings. The van der Waals surface area contributed by atoms with Crippen LogP contribution in [0.2, 0.25) is 0 Å². The van der Waals surface area contributed by atoms with E-state index in [1.54, 1.807) is 47.8 Å². The Morgan fingerprint density at radius 1 is 0.426 bits per heavy atom. The normalized spacial score (nSPS) is 19.3. The van der Waals surface area contributed by atoms with Crippen LogP contribution in [0.1, 0.15) is 54.2 Å². The molecule has 0 N–H and O–H groups in total. The zero-order valence-electron chi connectivity index (χ0n) is 30.0. The van der Waals surface area contributed by atoms with Gasteiger partial charge in [0.2, 0.25) is 0 Å². The molecule has 2 aliphatic carbocycles. The molecule has 4 aromatic rings. The molecule has 288 valence electrons. The summed E-state index contributed by atoms with van der Waals surface area (Å²) in [4.78, 5) is 51.7. The van der Waals surface area contributed by atoms with E-state index in [1.807, 2.05) is 85.3 Å². The van der Waals surface area contributed by atoms with Crippen molar-refractivity contribution in [3.8, 4) is 23.0 Å². The second-order valence-corrected chi connectivity index (χ2v) is 16.6. The minimum absolute atomic E-state index is 0. The van der Waals surface area contributed by atoms with Crippen LogP contribution in [0.25, 0.3) is 0 Å². The van der Waals surface area contributed by atoms with Crippen molar-refractivity contribution in [3.05, 3.63) is 106 Å². The molecule has 2 fully saturated rings. The summed E-state index contributed by atoms with van der Waals surface area (Å²) in [5.41, 5.74) is 0. The first kappa shape index (κ1) is 41.6. The lowest BCUT2D eigenvalue weighted by atomic mass is 9.82. The number of hydrogen-bond donors (Lipinski definition) is 0. The Morgan fingerprint density at radius 3 is 0.833 bits per heavy atom. The molecular formula is C42H46Br2O8S2. The number of benzene rings is 4. The Bertz CT molecular complexity index is 1710. The van der Waals surface area contributed by atoms with Gasteiger partial charge < -0.3 is 18.9 Å². The van der Waals surface area contributed by atoms with Crippen LogP contribution >= 0.6 is 55.4 Å².